The average Bonchev–Trinajstić information content (AvgIpc) is 2.18. The lowest BCUT2D eigenvalue weighted by Gasteiger charge is -2.01. The molecule has 0 amide bonds. The third kappa shape index (κ3) is 2.11. The van der Waals surface area contributed by atoms with Gasteiger partial charge < -0.3 is 4.74 Å². The van der Waals surface area contributed by atoms with Crippen LogP contribution in [0.2, 0.25) is 0 Å². The molecule has 0 unspecified atom stereocenters. The quantitative estimate of drug-likeness (QED) is 0.640. The summed E-state index contributed by atoms with van der Waals surface area (Å²) in [4.78, 5) is 25.2. The highest BCUT2D eigenvalue weighted by Gasteiger charge is 2.12. The second-order valence-electron chi connectivity index (χ2n) is 2.22. The zero-order valence-corrected chi connectivity index (χ0v) is 7.11. The van der Waals surface area contributed by atoms with Gasteiger partial charge in [0.25, 0.3) is 6.29 Å². The fourth-order valence-electron chi connectivity index (χ4n) is 0.860. The van der Waals surface area contributed by atoms with Crippen molar-refractivity contribution in [1.82, 2.24) is 4.98 Å². The number of carbonyl (C=O) groups is 1. The van der Waals surface area contributed by atoms with Crippen LogP contribution in [-0.4, -0.2) is 23.8 Å². The molecule has 1 heterocycles. The smallest absolute Gasteiger partial charge is 0.340 e. The highest BCUT2D eigenvalue weighted by molar-refractivity contribution is 5.96. The summed E-state index contributed by atoms with van der Waals surface area (Å²) in [5.41, 5.74) is 0.139. The molecule has 1 rings (SSSR count). The highest BCUT2D eigenvalue weighted by atomic mass is 16.5. The first-order valence-corrected chi connectivity index (χ1v) is 3.80. The van der Waals surface area contributed by atoms with Crippen molar-refractivity contribution in [3.63, 3.8) is 0 Å². The van der Waals surface area contributed by atoms with Crippen molar-refractivity contribution in [1.29, 1.82) is 0 Å². The molecule has 67 valence electrons. The number of nitrogens with zero attached hydrogens (tertiary/aromatic N) is 1. The Kier molecular flexibility index (Phi) is 3.14. The van der Waals surface area contributed by atoms with Crippen LogP contribution in [0.4, 0.5) is 0 Å². The largest absolute Gasteiger partial charge is 0.462 e. The number of rotatable bonds is 3. The Morgan fingerprint density at radius 1 is 1.69 bits per heavy atom. The van der Waals surface area contributed by atoms with Gasteiger partial charge in [0.05, 0.1) is 12.2 Å². The number of carbonyl (C=O) groups excluding carboxylic acids is 2. The Morgan fingerprint density at radius 3 is 3.08 bits per heavy atom. The van der Waals surface area contributed by atoms with E-state index in [9.17, 15) is 9.59 Å². The summed E-state index contributed by atoms with van der Waals surface area (Å²) in [7, 11) is 0. The molecule has 0 fully saturated rings. The van der Waals surface area contributed by atoms with E-state index in [1.165, 1.54) is 12.3 Å². The van der Waals surface area contributed by atoms with Crippen molar-refractivity contribution in [3.05, 3.63) is 29.6 Å². The fraction of sp³-hybridized carbons (Fsp3) is 0.222. The second-order valence-corrected chi connectivity index (χ2v) is 2.22. The SMILES string of the molecule is CCOC(=O)c1cccnc1[C]=O. The molecule has 0 saturated heterocycles. The molecular formula is C9H8NO3. The first kappa shape index (κ1) is 9.38. The molecule has 1 radical (unpaired) electrons. The van der Waals surface area contributed by atoms with Crippen LogP contribution in [0.25, 0.3) is 0 Å². The Bertz CT molecular complexity index is 322. The normalized spacial score (nSPS) is 9.31. The monoisotopic (exact) mass is 178 g/mol. The van der Waals surface area contributed by atoms with Crippen molar-refractivity contribution in [3.8, 4) is 0 Å². The third-order valence-electron chi connectivity index (χ3n) is 1.40. The van der Waals surface area contributed by atoms with E-state index in [0.717, 1.165) is 0 Å². The van der Waals surface area contributed by atoms with E-state index in [4.69, 9.17) is 4.74 Å². The van der Waals surface area contributed by atoms with E-state index in [2.05, 4.69) is 4.98 Å². The maximum atomic E-state index is 11.2. The molecule has 4 heteroatoms. The van der Waals surface area contributed by atoms with Gasteiger partial charge in [-0.05, 0) is 19.1 Å². The van der Waals surface area contributed by atoms with Gasteiger partial charge in [0.1, 0.15) is 5.69 Å². The number of aromatic nitrogens is 1. The molecule has 0 aliphatic carbocycles. The Balaban J connectivity index is 2.98. The molecule has 0 spiro atoms. The van der Waals surface area contributed by atoms with Crippen LogP contribution < -0.4 is 0 Å². The second kappa shape index (κ2) is 4.35. The lowest BCUT2D eigenvalue weighted by molar-refractivity contribution is 0.0525. The summed E-state index contributed by atoms with van der Waals surface area (Å²) >= 11 is 0. The highest BCUT2D eigenvalue weighted by Crippen LogP contribution is 2.04. The van der Waals surface area contributed by atoms with Gasteiger partial charge in [-0.25, -0.2) is 4.79 Å². The molecule has 1 aromatic rings. The van der Waals surface area contributed by atoms with E-state index < -0.39 is 5.97 Å². The predicted molar refractivity (Wildman–Crippen MR) is 45.0 cm³/mol. The molecule has 13 heavy (non-hydrogen) atoms. The van der Waals surface area contributed by atoms with E-state index in [1.807, 2.05) is 0 Å². The van der Waals surface area contributed by atoms with Crippen molar-refractivity contribution >= 4 is 12.3 Å². The van der Waals surface area contributed by atoms with Crippen molar-refractivity contribution in [2.75, 3.05) is 6.61 Å². The molecule has 0 aromatic carbocycles. The summed E-state index contributed by atoms with van der Waals surface area (Å²) in [6, 6.07) is 3.04. The molecule has 0 aliphatic rings. The van der Waals surface area contributed by atoms with Crippen LogP contribution >= 0.6 is 0 Å². The van der Waals surface area contributed by atoms with Crippen molar-refractivity contribution < 1.29 is 14.3 Å². The number of hydrogen-bond acceptors (Lipinski definition) is 4. The minimum atomic E-state index is -0.547. The first-order valence-electron chi connectivity index (χ1n) is 3.80. The van der Waals surface area contributed by atoms with Gasteiger partial charge in [0.15, 0.2) is 0 Å². The number of ether oxygens (including phenoxy) is 1. The maximum absolute atomic E-state index is 11.2. The van der Waals surface area contributed by atoms with Gasteiger partial charge in [-0.15, -0.1) is 0 Å². The van der Waals surface area contributed by atoms with Gasteiger partial charge >= 0.3 is 5.97 Å². The zero-order valence-electron chi connectivity index (χ0n) is 7.11. The van der Waals surface area contributed by atoms with E-state index in [-0.39, 0.29) is 17.9 Å². The lowest BCUT2D eigenvalue weighted by Crippen LogP contribution is -2.08. The topological polar surface area (TPSA) is 56.3 Å². The van der Waals surface area contributed by atoms with Crippen molar-refractivity contribution in [2.24, 2.45) is 0 Å². The van der Waals surface area contributed by atoms with Crippen LogP contribution in [-0.2, 0) is 9.53 Å². The molecule has 0 aliphatic heterocycles. The summed E-state index contributed by atoms with van der Waals surface area (Å²) < 4.78 is 4.71. The summed E-state index contributed by atoms with van der Waals surface area (Å²) in [6.07, 6.45) is 2.99. The third-order valence-corrected chi connectivity index (χ3v) is 1.40. The van der Waals surface area contributed by atoms with Gasteiger partial charge in [0, 0.05) is 6.20 Å². The van der Waals surface area contributed by atoms with Gasteiger partial charge in [-0.1, -0.05) is 0 Å². The van der Waals surface area contributed by atoms with E-state index >= 15 is 0 Å². The van der Waals surface area contributed by atoms with Crippen molar-refractivity contribution in [2.45, 2.75) is 6.92 Å². The lowest BCUT2D eigenvalue weighted by atomic mass is 10.2. The number of pyridine rings is 1. The number of hydrogen-bond donors (Lipinski definition) is 0. The van der Waals surface area contributed by atoms with Crippen LogP contribution in [0.15, 0.2) is 18.3 Å². The number of esters is 1. The van der Waals surface area contributed by atoms with Crippen LogP contribution in [0.3, 0.4) is 0 Å². The first-order chi connectivity index (χ1) is 6.29. The Hall–Kier alpha value is -1.71. The fourth-order valence-corrected chi connectivity index (χ4v) is 0.860. The van der Waals surface area contributed by atoms with E-state index in [1.54, 1.807) is 19.3 Å². The van der Waals surface area contributed by atoms with Crippen LogP contribution in [0, 0.1) is 0 Å². The van der Waals surface area contributed by atoms with Gasteiger partial charge in [0.2, 0.25) is 0 Å². The summed E-state index contributed by atoms with van der Waals surface area (Å²) in [5, 5.41) is 0. The van der Waals surface area contributed by atoms with Crippen LogP contribution in [0.5, 0.6) is 0 Å². The molecule has 0 saturated carbocycles. The predicted octanol–water partition coefficient (Wildman–Crippen LogP) is 0.716. The van der Waals surface area contributed by atoms with Gasteiger partial charge in [-0.3, -0.25) is 9.78 Å². The molecular weight excluding hydrogens is 170 g/mol. The summed E-state index contributed by atoms with van der Waals surface area (Å²) in [6.45, 7) is 1.96. The molecule has 0 N–H and O–H groups in total. The zero-order chi connectivity index (χ0) is 9.68. The Morgan fingerprint density at radius 2 is 2.46 bits per heavy atom. The maximum Gasteiger partial charge on any atom is 0.340 e. The molecule has 4 nitrogen and oxygen atoms in total. The summed E-state index contributed by atoms with van der Waals surface area (Å²) in [5.74, 6) is -0.547. The molecule has 0 bridgehead atoms. The minimum absolute atomic E-state index is 0.0130. The molecule has 1 aromatic heterocycles. The van der Waals surface area contributed by atoms with Gasteiger partial charge in [-0.2, -0.15) is 0 Å². The average molecular weight is 178 g/mol. The molecule has 0 atom stereocenters. The van der Waals surface area contributed by atoms with Crippen LogP contribution in [0.1, 0.15) is 23.0 Å². The van der Waals surface area contributed by atoms with E-state index in [0.29, 0.717) is 0 Å². The Labute approximate surface area is 75.5 Å². The minimum Gasteiger partial charge on any atom is -0.462 e. The standard InChI is InChI=1S/C9H8NO3/c1-2-13-9(12)7-4-3-5-10-8(7)6-11/h3-5H,2H2,1H3.